The maximum absolute atomic E-state index is 16.9. The number of aromatic nitrogens is 4. The molecule has 4 atom stereocenters. The number of fused-ring (bicyclic) bond motifs is 7. The molecule has 11 rings (SSSR count). The van der Waals surface area contributed by atoms with E-state index in [1.54, 1.807) is 57.9 Å². The van der Waals surface area contributed by atoms with Crippen LogP contribution in [-0.2, 0) is 0 Å². The second-order valence-corrected chi connectivity index (χ2v) is 27.6. The highest BCUT2D eigenvalue weighted by Gasteiger charge is 2.50. The molecule has 0 spiro atoms. The van der Waals surface area contributed by atoms with E-state index in [9.17, 15) is 0 Å². The van der Waals surface area contributed by atoms with Crippen molar-refractivity contribution in [3.05, 3.63) is 102 Å². The topological polar surface area (TPSA) is 51.6 Å². The summed E-state index contributed by atoms with van der Waals surface area (Å²) in [5, 5.41) is 4.40. The number of unbranched alkanes of at least 4 members (excludes halogenated alkanes) is 2. The second-order valence-electron chi connectivity index (χ2n) is 18.1. The number of nitrogens with zero attached hydrogens (tertiary/aromatic N) is 4. The number of hydrogen-bond acceptors (Lipinski definition) is 10. The van der Waals surface area contributed by atoms with E-state index in [0.29, 0.717) is 34.0 Å². The minimum Gasteiger partial charge on any atom is -0.206 e. The fraction of sp³-hybridized carbons (Fsp3) is 0.346. The van der Waals surface area contributed by atoms with Crippen LogP contribution in [0.4, 0.5) is 8.78 Å². The Hall–Kier alpha value is -3.69. The highest BCUT2D eigenvalue weighted by molar-refractivity contribution is 8.09. The molecule has 3 aliphatic rings. The van der Waals surface area contributed by atoms with Crippen LogP contribution in [0.3, 0.4) is 0 Å². The standard InChI is InChI=1S/C52H50F2N4S6Si/c1-5-9-15-29(7-3)27-65(28-30(8-4)16-10-6-2)43-25-39(33-23-35(53)45(49-47(33)55-63-57-49)41-21-31-17-11-13-19-37(31)59-41)61-51(43)52-44(65)26-40(62-52)34-24-36(54)46(50-48(34)56-64-58-50)42-22-32-18-12-14-20-38(32)60-42/h11-14,17-26,29-31,37H,5-10,15-16,27-28H2,1-4H3. The number of benzene rings is 3. The van der Waals surface area contributed by atoms with E-state index in [4.69, 9.17) is 17.5 Å². The van der Waals surface area contributed by atoms with Crippen molar-refractivity contribution >= 4 is 125 Å². The first kappa shape index (κ1) is 43.9. The molecule has 65 heavy (non-hydrogen) atoms. The zero-order valence-corrected chi connectivity index (χ0v) is 42.9. The van der Waals surface area contributed by atoms with Crippen LogP contribution in [0.25, 0.3) is 78.1 Å². The molecule has 0 N–H and O–H groups in total. The predicted molar refractivity (Wildman–Crippen MR) is 284 cm³/mol. The van der Waals surface area contributed by atoms with Gasteiger partial charge in [-0.25, -0.2) is 8.78 Å². The molecule has 2 aliphatic heterocycles. The lowest BCUT2D eigenvalue weighted by atomic mass is 9.98. The van der Waals surface area contributed by atoms with Gasteiger partial charge in [-0.2, -0.15) is 17.5 Å². The summed E-state index contributed by atoms with van der Waals surface area (Å²) < 4.78 is 54.2. The molecule has 7 heterocycles. The summed E-state index contributed by atoms with van der Waals surface area (Å²) in [5.74, 6) is 0.945. The van der Waals surface area contributed by atoms with Gasteiger partial charge in [0.2, 0.25) is 0 Å². The first-order chi connectivity index (χ1) is 31.8. The number of thioether (sulfide) groups is 1. The quantitative estimate of drug-likeness (QED) is 0.0903. The normalized spacial score (nSPS) is 19.7. The van der Waals surface area contributed by atoms with E-state index in [1.807, 2.05) is 12.1 Å². The van der Waals surface area contributed by atoms with Crippen molar-refractivity contribution in [3.63, 3.8) is 0 Å². The maximum Gasteiger partial charge on any atom is 0.134 e. The Morgan fingerprint density at radius 2 is 1.20 bits per heavy atom. The minimum absolute atomic E-state index is 0.236. The van der Waals surface area contributed by atoms with Crippen molar-refractivity contribution < 1.29 is 8.78 Å². The van der Waals surface area contributed by atoms with Crippen molar-refractivity contribution in [1.82, 2.24) is 17.5 Å². The van der Waals surface area contributed by atoms with Crippen LogP contribution in [0, 0.1) is 29.4 Å². The Kier molecular flexibility index (Phi) is 12.2. The molecular formula is C52H50F2N4S6Si. The van der Waals surface area contributed by atoms with Crippen molar-refractivity contribution in [3.8, 4) is 41.1 Å². The molecule has 4 unspecified atom stereocenters. The summed E-state index contributed by atoms with van der Waals surface area (Å²) >= 11 is 9.26. The molecule has 0 saturated carbocycles. The summed E-state index contributed by atoms with van der Waals surface area (Å²) in [5.41, 5.74) is 5.61. The molecule has 0 bridgehead atoms. The number of rotatable bonds is 16. The zero-order valence-electron chi connectivity index (χ0n) is 37.0. The molecule has 332 valence electrons. The molecule has 0 saturated heterocycles. The van der Waals surface area contributed by atoms with Crippen LogP contribution in [0.5, 0.6) is 0 Å². The molecule has 8 aromatic rings. The first-order valence-corrected chi connectivity index (χ1v) is 30.4. The average Bonchev–Trinajstić information content (AvgIpc) is 4.18. The fourth-order valence-electron chi connectivity index (χ4n) is 10.8. The maximum atomic E-state index is 16.9. The first-order valence-electron chi connectivity index (χ1n) is 23.2. The van der Waals surface area contributed by atoms with E-state index in [1.165, 1.54) is 82.5 Å². The van der Waals surface area contributed by atoms with Crippen LogP contribution < -0.4 is 10.4 Å². The van der Waals surface area contributed by atoms with Gasteiger partial charge in [0, 0.05) is 56.3 Å². The third-order valence-corrected chi connectivity index (χ3v) is 26.0. The van der Waals surface area contributed by atoms with Gasteiger partial charge in [0.05, 0.1) is 34.6 Å². The van der Waals surface area contributed by atoms with Gasteiger partial charge in [0.15, 0.2) is 0 Å². The summed E-state index contributed by atoms with van der Waals surface area (Å²) in [6, 6.07) is 21.1. The van der Waals surface area contributed by atoms with Crippen molar-refractivity contribution in [2.45, 2.75) is 96.4 Å². The third kappa shape index (κ3) is 7.59. The Bertz CT molecular complexity index is 3130. The van der Waals surface area contributed by atoms with Crippen LogP contribution >= 0.6 is 69.2 Å². The second kappa shape index (κ2) is 18.1. The molecular weight excluding hydrogens is 939 g/mol. The van der Waals surface area contributed by atoms with Crippen LogP contribution in [0.1, 0.15) is 84.6 Å². The van der Waals surface area contributed by atoms with Crippen LogP contribution in [0.15, 0.2) is 85.0 Å². The lowest BCUT2D eigenvalue weighted by Gasteiger charge is -2.35. The fourth-order valence-corrected chi connectivity index (χ4v) is 24.8. The minimum atomic E-state index is -2.49. The van der Waals surface area contributed by atoms with E-state index in [0.717, 1.165) is 76.4 Å². The number of halogens is 2. The van der Waals surface area contributed by atoms with Gasteiger partial charge in [0.1, 0.15) is 41.8 Å². The molecule has 3 aromatic carbocycles. The molecule has 1 aliphatic carbocycles. The van der Waals surface area contributed by atoms with Crippen molar-refractivity contribution in [2.24, 2.45) is 17.8 Å². The monoisotopic (exact) mass is 988 g/mol. The van der Waals surface area contributed by atoms with Gasteiger partial charge in [-0.15, -0.1) is 45.8 Å². The number of thiophene rings is 3. The van der Waals surface area contributed by atoms with E-state index < -0.39 is 8.07 Å². The zero-order chi connectivity index (χ0) is 44.4. The Morgan fingerprint density at radius 3 is 1.78 bits per heavy atom. The Morgan fingerprint density at radius 1 is 0.631 bits per heavy atom. The summed E-state index contributed by atoms with van der Waals surface area (Å²) in [7, 11) is -2.49. The molecule has 13 heteroatoms. The van der Waals surface area contributed by atoms with Gasteiger partial charge < -0.3 is 0 Å². The summed E-state index contributed by atoms with van der Waals surface area (Å²) in [6.07, 6.45) is 20.3. The third-order valence-electron chi connectivity index (χ3n) is 14.2. The lowest BCUT2D eigenvalue weighted by molar-refractivity contribution is 0.469. The van der Waals surface area contributed by atoms with Crippen LogP contribution in [-0.4, -0.2) is 30.8 Å². The summed E-state index contributed by atoms with van der Waals surface area (Å²) in [4.78, 5) is 6.59. The molecule has 0 radical (unpaired) electrons. The van der Waals surface area contributed by atoms with Gasteiger partial charge in [-0.05, 0) is 76.1 Å². The van der Waals surface area contributed by atoms with E-state index >= 15 is 8.78 Å². The number of allylic oxidation sites excluding steroid dienone is 4. The predicted octanol–water partition coefficient (Wildman–Crippen LogP) is 16.5. The average molecular weight is 989 g/mol. The van der Waals surface area contributed by atoms with Gasteiger partial charge in [0.25, 0.3) is 0 Å². The van der Waals surface area contributed by atoms with Gasteiger partial charge in [-0.1, -0.05) is 128 Å². The highest BCUT2D eigenvalue weighted by atomic mass is 32.2. The Balaban J connectivity index is 1.09. The van der Waals surface area contributed by atoms with E-state index in [-0.39, 0.29) is 22.8 Å². The van der Waals surface area contributed by atoms with Gasteiger partial charge >= 0.3 is 0 Å². The highest BCUT2D eigenvalue weighted by Crippen LogP contribution is 2.53. The Labute approximate surface area is 405 Å². The lowest BCUT2D eigenvalue weighted by Crippen LogP contribution is -2.56. The largest absolute Gasteiger partial charge is 0.206 e. The van der Waals surface area contributed by atoms with Crippen molar-refractivity contribution in [2.75, 3.05) is 0 Å². The van der Waals surface area contributed by atoms with Crippen molar-refractivity contribution in [1.29, 1.82) is 0 Å². The van der Waals surface area contributed by atoms with Gasteiger partial charge in [-0.3, -0.25) is 0 Å². The smallest absolute Gasteiger partial charge is 0.134 e. The molecule has 4 nitrogen and oxygen atoms in total. The summed E-state index contributed by atoms with van der Waals surface area (Å²) in [6.45, 7) is 9.38. The molecule has 0 fully saturated rings. The van der Waals surface area contributed by atoms with Crippen LogP contribution in [0.2, 0.25) is 12.1 Å². The molecule has 0 amide bonds. The molecule has 5 aromatic heterocycles. The SMILES string of the molecule is CCCCC(CC)C[Si]1(CC(CC)CCCC)c2cc(-c3cc(F)c(C4=CC5C=CC=CC5S4)c4nsnc34)sc2-c2sc(-c3cc(F)c(-c4cc5ccccc5s4)c4nsnc34)cc21. The van der Waals surface area contributed by atoms with E-state index in [2.05, 4.69) is 88.4 Å². The number of hydrogen-bond donors (Lipinski definition) is 0.